The molecule has 0 spiro atoms. The Morgan fingerprint density at radius 1 is 1.50 bits per heavy atom. The fourth-order valence-corrected chi connectivity index (χ4v) is 2.73. The molecule has 2 heterocycles. The maximum absolute atomic E-state index is 11.3. The second kappa shape index (κ2) is 6.49. The molecular formula is C13H21N5O2. The van der Waals surface area contributed by atoms with Crippen LogP contribution in [0.15, 0.2) is 6.33 Å². The minimum Gasteiger partial charge on any atom is -0.364 e. The number of aromatic nitrogens is 2. The Morgan fingerprint density at radius 3 is 2.95 bits per heavy atom. The SMILES string of the molecule is CCCC1CCN(c2ncnc(NCC)c2[N+](=O)[O-])C1. The zero-order valence-corrected chi connectivity index (χ0v) is 12.0. The summed E-state index contributed by atoms with van der Waals surface area (Å²) in [5, 5.41) is 14.3. The van der Waals surface area contributed by atoms with Crippen LogP contribution in [0.2, 0.25) is 0 Å². The van der Waals surface area contributed by atoms with Crippen molar-refractivity contribution in [2.24, 2.45) is 5.92 Å². The molecule has 1 fully saturated rings. The maximum Gasteiger partial charge on any atom is 0.353 e. The van der Waals surface area contributed by atoms with Gasteiger partial charge in [-0.05, 0) is 25.7 Å². The number of hydrogen-bond donors (Lipinski definition) is 1. The van der Waals surface area contributed by atoms with Crippen LogP contribution in [0.5, 0.6) is 0 Å². The summed E-state index contributed by atoms with van der Waals surface area (Å²) in [5.41, 5.74) is -0.00787. The van der Waals surface area contributed by atoms with Gasteiger partial charge >= 0.3 is 5.69 Å². The van der Waals surface area contributed by atoms with Gasteiger partial charge in [0.05, 0.1) is 4.92 Å². The van der Waals surface area contributed by atoms with Crippen LogP contribution in [-0.2, 0) is 0 Å². The Bertz CT molecular complexity index is 480. The molecule has 0 bridgehead atoms. The first kappa shape index (κ1) is 14.5. The van der Waals surface area contributed by atoms with Crippen LogP contribution >= 0.6 is 0 Å². The van der Waals surface area contributed by atoms with Crippen molar-refractivity contribution in [1.29, 1.82) is 0 Å². The molecule has 1 aliphatic rings. The monoisotopic (exact) mass is 279 g/mol. The molecule has 1 aromatic rings. The number of nitrogens with zero attached hydrogens (tertiary/aromatic N) is 4. The van der Waals surface area contributed by atoms with Crippen molar-refractivity contribution < 1.29 is 4.92 Å². The van der Waals surface area contributed by atoms with E-state index < -0.39 is 0 Å². The van der Waals surface area contributed by atoms with Gasteiger partial charge in [-0.3, -0.25) is 10.1 Å². The van der Waals surface area contributed by atoms with E-state index in [9.17, 15) is 10.1 Å². The lowest BCUT2D eigenvalue weighted by atomic mass is 10.0. The first-order valence-electron chi connectivity index (χ1n) is 7.15. The second-order valence-electron chi connectivity index (χ2n) is 5.07. The zero-order chi connectivity index (χ0) is 14.5. The van der Waals surface area contributed by atoms with Gasteiger partial charge < -0.3 is 10.2 Å². The second-order valence-corrected chi connectivity index (χ2v) is 5.07. The first-order valence-corrected chi connectivity index (χ1v) is 7.15. The van der Waals surface area contributed by atoms with Crippen molar-refractivity contribution in [1.82, 2.24) is 9.97 Å². The quantitative estimate of drug-likeness (QED) is 0.636. The van der Waals surface area contributed by atoms with Crippen LogP contribution in [0.4, 0.5) is 17.3 Å². The lowest BCUT2D eigenvalue weighted by molar-refractivity contribution is -0.383. The normalized spacial score (nSPS) is 18.3. The van der Waals surface area contributed by atoms with E-state index in [0.717, 1.165) is 32.4 Å². The predicted molar refractivity (Wildman–Crippen MR) is 78.1 cm³/mol. The molecule has 20 heavy (non-hydrogen) atoms. The number of nitro groups is 1. The van der Waals surface area contributed by atoms with E-state index in [0.29, 0.717) is 24.1 Å². The Kier molecular flexibility index (Phi) is 4.70. The minimum absolute atomic E-state index is 0.00787. The van der Waals surface area contributed by atoms with Crippen molar-refractivity contribution in [3.63, 3.8) is 0 Å². The molecule has 110 valence electrons. The van der Waals surface area contributed by atoms with Gasteiger partial charge in [-0.2, -0.15) is 0 Å². The standard InChI is InChI=1S/C13H21N5O2/c1-3-5-10-6-7-17(8-10)13-11(18(19)20)12(14-4-2)15-9-16-13/h9-10H,3-8H2,1-2H3,(H,14,15,16). The summed E-state index contributed by atoms with van der Waals surface area (Å²) in [6.07, 6.45) is 4.78. The van der Waals surface area contributed by atoms with Gasteiger partial charge in [0.15, 0.2) is 0 Å². The summed E-state index contributed by atoms with van der Waals surface area (Å²) in [4.78, 5) is 21.1. The van der Waals surface area contributed by atoms with Gasteiger partial charge in [0.25, 0.3) is 0 Å². The highest BCUT2D eigenvalue weighted by Crippen LogP contribution is 2.35. The van der Waals surface area contributed by atoms with E-state index >= 15 is 0 Å². The molecule has 0 saturated carbocycles. The van der Waals surface area contributed by atoms with E-state index in [1.54, 1.807) is 0 Å². The van der Waals surface area contributed by atoms with E-state index in [2.05, 4.69) is 22.2 Å². The van der Waals surface area contributed by atoms with Crippen LogP contribution in [0.3, 0.4) is 0 Å². The summed E-state index contributed by atoms with van der Waals surface area (Å²) >= 11 is 0. The number of anilines is 2. The van der Waals surface area contributed by atoms with Crippen molar-refractivity contribution in [3.05, 3.63) is 16.4 Å². The largest absolute Gasteiger partial charge is 0.364 e. The molecule has 1 unspecified atom stereocenters. The van der Waals surface area contributed by atoms with Crippen molar-refractivity contribution in [2.75, 3.05) is 29.9 Å². The Hall–Kier alpha value is -1.92. The van der Waals surface area contributed by atoms with E-state index in [1.165, 1.54) is 6.33 Å². The number of nitrogens with one attached hydrogen (secondary N) is 1. The smallest absolute Gasteiger partial charge is 0.353 e. The molecule has 0 amide bonds. The van der Waals surface area contributed by atoms with E-state index in [4.69, 9.17) is 0 Å². The zero-order valence-electron chi connectivity index (χ0n) is 12.0. The summed E-state index contributed by atoms with van der Waals surface area (Å²) < 4.78 is 0. The summed E-state index contributed by atoms with van der Waals surface area (Å²) in [6, 6.07) is 0. The van der Waals surface area contributed by atoms with Gasteiger partial charge in [-0.25, -0.2) is 9.97 Å². The Labute approximate surface area is 118 Å². The molecule has 1 atom stereocenters. The Balaban J connectivity index is 2.27. The maximum atomic E-state index is 11.3. The Morgan fingerprint density at radius 2 is 2.30 bits per heavy atom. The highest BCUT2D eigenvalue weighted by molar-refractivity contribution is 5.70. The van der Waals surface area contributed by atoms with E-state index in [1.807, 2.05) is 11.8 Å². The number of hydrogen-bond acceptors (Lipinski definition) is 6. The van der Waals surface area contributed by atoms with Crippen molar-refractivity contribution >= 4 is 17.3 Å². The van der Waals surface area contributed by atoms with Gasteiger partial charge in [-0.1, -0.05) is 13.3 Å². The topological polar surface area (TPSA) is 84.2 Å². The van der Waals surface area contributed by atoms with Gasteiger partial charge in [0.2, 0.25) is 11.6 Å². The molecule has 1 saturated heterocycles. The molecule has 7 heteroatoms. The van der Waals surface area contributed by atoms with Gasteiger partial charge in [-0.15, -0.1) is 0 Å². The van der Waals surface area contributed by atoms with Crippen LogP contribution in [-0.4, -0.2) is 34.5 Å². The average molecular weight is 279 g/mol. The summed E-state index contributed by atoms with van der Waals surface area (Å²) in [5.74, 6) is 1.36. The summed E-state index contributed by atoms with van der Waals surface area (Å²) in [7, 11) is 0. The predicted octanol–water partition coefficient (Wildman–Crippen LogP) is 2.44. The van der Waals surface area contributed by atoms with Crippen molar-refractivity contribution in [2.45, 2.75) is 33.1 Å². The molecule has 7 nitrogen and oxygen atoms in total. The van der Waals surface area contributed by atoms with Crippen LogP contribution in [0, 0.1) is 16.0 Å². The highest BCUT2D eigenvalue weighted by Gasteiger charge is 2.31. The fraction of sp³-hybridized carbons (Fsp3) is 0.692. The third-order valence-electron chi connectivity index (χ3n) is 3.61. The third-order valence-corrected chi connectivity index (χ3v) is 3.61. The summed E-state index contributed by atoms with van der Waals surface area (Å²) in [6.45, 7) is 6.32. The first-order chi connectivity index (χ1) is 9.67. The van der Waals surface area contributed by atoms with Crippen LogP contribution in [0.1, 0.15) is 33.1 Å². The van der Waals surface area contributed by atoms with Crippen molar-refractivity contribution in [3.8, 4) is 0 Å². The highest BCUT2D eigenvalue weighted by atomic mass is 16.6. The molecule has 1 aliphatic heterocycles. The molecular weight excluding hydrogens is 258 g/mol. The average Bonchev–Trinajstić information content (AvgIpc) is 2.87. The lowest BCUT2D eigenvalue weighted by Crippen LogP contribution is -2.23. The molecule has 1 aromatic heterocycles. The lowest BCUT2D eigenvalue weighted by Gasteiger charge is -2.18. The fourth-order valence-electron chi connectivity index (χ4n) is 2.73. The molecule has 0 aromatic carbocycles. The van der Waals surface area contributed by atoms with E-state index in [-0.39, 0.29) is 10.6 Å². The van der Waals surface area contributed by atoms with Gasteiger partial charge in [0, 0.05) is 19.6 Å². The molecule has 0 radical (unpaired) electrons. The van der Waals surface area contributed by atoms with Crippen LogP contribution < -0.4 is 10.2 Å². The third kappa shape index (κ3) is 2.97. The minimum atomic E-state index is -0.388. The molecule has 1 N–H and O–H groups in total. The number of rotatable bonds is 6. The molecule has 2 rings (SSSR count). The molecule has 0 aliphatic carbocycles. The van der Waals surface area contributed by atoms with Gasteiger partial charge in [0.1, 0.15) is 6.33 Å². The van der Waals surface area contributed by atoms with Crippen LogP contribution in [0.25, 0.3) is 0 Å².